The van der Waals surface area contributed by atoms with E-state index in [2.05, 4.69) is 0 Å². The predicted molar refractivity (Wildman–Crippen MR) is 104 cm³/mol. The van der Waals surface area contributed by atoms with Gasteiger partial charge in [0.15, 0.2) is 5.58 Å². The number of carbonyl (C=O) groups excluding carboxylic acids is 4. The maximum absolute atomic E-state index is 13.0. The molecule has 10 nitrogen and oxygen atoms in total. The average molecular weight is 414 g/mol. The quantitative estimate of drug-likeness (QED) is 0.650. The highest BCUT2D eigenvalue weighted by Gasteiger charge is 2.34. The van der Waals surface area contributed by atoms with E-state index in [-0.39, 0.29) is 43.0 Å². The largest absolute Gasteiger partial charge is 0.420 e. The van der Waals surface area contributed by atoms with E-state index in [4.69, 9.17) is 4.42 Å². The third-order valence-electron chi connectivity index (χ3n) is 5.66. The second-order valence-corrected chi connectivity index (χ2v) is 7.46. The number of fused-ring (bicyclic) bond motifs is 1. The molecule has 0 aliphatic carbocycles. The fourth-order valence-corrected chi connectivity index (χ4v) is 3.94. The van der Waals surface area contributed by atoms with E-state index in [1.807, 2.05) is 0 Å². The monoisotopic (exact) mass is 414 g/mol. The first-order valence-corrected chi connectivity index (χ1v) is 9.86. The molecule has 4 rings (SSSR count). The van der Waals surface area contributed by atoms with Crippen LogP contribution in [-0.2, 0) is 19.2 Å². The van der Waals surface area contributed by atoms with Crippen LogP contribution in [0.1, 0.15) is 25.8 Å². The number of likely N-dealkylation sites (tertiary alicyclic amines) is 1. The average Bonchev–Trinajstić information content (AvgIpc) is 3.25. The summed E-state index contributed by atoms with van der Waals surface area (Å²) in [6, 6.07) is 6.17. The molecule has 2 fully saturated rings. The van der Waals surface area contributed by atoms with Crippen molar-refractivity contribution >= 4 is 34.7 Å². The standard InChI is InChI=1S/C20H22N4O6/c1-13(24-14-4-2-3-5-15(14)30-20(24)29)19(28)22-10-8-21(9-11-22)18(27)12-23-16(25)6-7-17(23)26/h2-5,13H,6-12H2,1H3. The van der Waals surface area contributed by atoms with Gasteiger partial charge in [0.2, 0.25) is 23.6 Å². The van der Waals surface area contributed by atoms with Gasteiger partial charge in [-0.15, -0.1) is 0 Å². The number of amides is 4. The summed E-state index contributed by atoms with van der Waals surface area (Å²) in [5, 5.41) is 0. The van der Waals surface area contributed by atoms with Gasteiger partial charge in [0.25, 0.3) is 0 Å². The van der Waals surface area contributed by atoms with Gasteiger partial charge in [0.05, 0.1) is 5.52 Å². The maximum atomic E-state index is 13.0. The molecule has 10 heteroatoms. The molecule has 3 heterocycles. The number of oxazole rings is 1. The molecule has 2 aromatic rings. The van der Waals surface area contributed by atoms with E-state index in [9.17, 15) is 24.0 Å². The summed E-state index contributed by atoms with van der Waals surface area (Å²) in [7, 11) is 0. The van der Waals surface area contributed by atoms with E-state index in [1.54, 1.807) is 41.0 Å². The van der Waals surface area contributed by atoms with Crippen LogP contribution >= 0.6 is 0 Å². The Hall–Kier alpha value is -3.43. The fourth-order valence-electron chi connectivity index (χ4n) is 3.94. The Morgan fingerprint density at radius 2 is 1.57 bits per heavy atom. The molecule has 2 saturated heterocycles. The Morgan fingerprint density at radius 3 is 2.23 bits per heavy atom. The molecule has 0 saturated carbocycles. The van der Waals surface area contributed by atoms with Gasteiger partial charge < -0.3 is 14.2 Å². The van der Waals surface area contributed by atoms with E-state index in [1.165, 1.54) is 4.57 Å². The lowest BCUT2D eigenvalue weighted by molar-refractivity contribution is -0.147. The molecule has 4 amide bonds. The van der Waals surface area contributed by atoms with Crippen LogP contribution in [0.25, 0.3) is 11.1 Å². The van der Waals surface area contributed by atoms with Crippen LogP contribution in [0, 0.1) is 0 Å². The van der Waals surface area contributed by atoms with Crippen molar-refractivity contribution in [1.82, 2.24) is 19.3 Å². The van der Waals surface area contributed by atoms with Gasteiger partial charge in [0.1, 0.15) is 12.6 Å². The number of aromatic nitrogens is 1. The lowest BCUT2D eigenvalue weighted by Gasteiger charge is -2.36. The zero-order valence-corrected chi connectivity index (χ0v) is 16.6. The zero-order chi connectivity index (χ0) is 21.4. The number of benzene rings is 1. The van der Waals surface area contributed by atoms with Gasteiger partial charge in [-0.1, -0.05) is 12.1 Å². The SMILES string of the molecule is CC(C(=O)N1CCN(C(=O)CN2C(=O)CCC2=O)CC1)n1c(=O)oc2ccccc21. The first-order valence-electron chi connectivity index (χ1n) is 9.86. The summed E-state index contributed by atoms with van der Waals surface area (Å²) in [5.41, 5.74) is 0.973. The molecule has 2 aliphatic heterocycles. The molecule has 30 heavy (non-hydrogen) atoms. The van der Waals surface area contributed by atoms with Crippen molar-refractivity contribution in [3.05, 3.63) is 34.8 Å². The highest BCUT2D eigenvalue weighted by molar-refractivity contribution is 6.04. The van der Waals surface area contributed by atoms with Crippen molar-refractivity contribution in [2.45, 2.75) is 25.8 Å². The Morgan fingerprint density at radius 1 is 0.967 bits per heavy atom. The van der Waals surface area contributed by atoms with Gasteiger partial charge in [0, 0.05) is 39.0 Å². The third-order valence-corrected chi connectivity index (χ3v) is 5.66. The summed E-state index contributed by atoms with van der Waals surface area (Å²) in [6.07, 6.45) is 0.294. The first kappa shape index (κ1) is 19.9. The molecular weight excluding hydrogens is 392 g/mol. The van der Waals surface area contributed by atoms with Crippen LogP contribution in [0.5, 0.6) is 0 Å². The van der Waals surface area contributed by atoms with Crippen molar-refractivity contribution in [3.63, 3.8) is 0 Å². The smallest absolute Gasteiger partial charge is 0.408 e. The van der Waals surface area contributed by atoms with E-state index in [0.29, 0.717) is 37.3 Å². The van der Waals surface area contributed by atoms with Gasteiger partial charge in [-0.3, -0.25) is 28.6 Å². The van der Waals surface area contributed by atoms with Crippen LogP contribution in [-0.4, -0.2) is 75.6 Å². The fraction of sp³-hybridized carbons (Fsp3) is 0.450. The lowest BCUT2D eigenvalue weighted by Crippen LogP contribution is -2.54. The van der Waals surface area contributed by atoms with Gasteiger partial charge >= 0.3 is 5.76 Å². The Labute approximate surface area is 171 Å². The van der Waals surface area contributed by atoms with E-state index >= 15 is 0 Å². The highest BCUT2D eigenvalue weighted by atomic mass is 16.4. The number of carbonyl (C=O) groups is 4. The molecular formula is C20H22N4O6. The molecule has 0 radical (unpaired) electrons. The highest BCUT2D eigenvalue weighted by Crippen LogP contribution is 2.19. The number of para-hydroxylation sites is 2. The van der Waals surface area contributed by atoms with Crippen LogP contribution in [0.2, 0.25) is 0 Å². The minimum Gasteiger partial charge on any atom is -0.408 e. The van der Waals surface area contributed by atoms with Crippen molar-refractivity contribution in [2.24, 2.45) is 0 Å². The minimum atomic E-state index is -0.747. The van der Waals surface area contributed by atoms with Crippen molar-refractivity contribution in [2.75, 3.05) is 32.7 Å². The molecule has 1 aromatic carbocycles. The number of imide groups is 1. The third kappa shape index (κ3) is 3.49. The molecule has 1 aromatic heterocycles. The van der Waals surface area contributed by atoms with Gasteiger partial charge in [-0.05, 0) is 19.1 Å². The summed E-state index contributed by atoms with van der Waals surface area (Å²) in [4.78, 5) is 65.2. The molecule has 0 N–H and O–H groups in total. The second kappa shape index (κ2) is 7.77. The normalized spacial score (nSPS) is 18.4. The Kier molecular flexibility index (Phi) is 5.15. The molecule has 2 aliphatic rings. The molecule has 0 spiro atoms. The van der Waals surface area contributed by atoms with Crippen LogP contribution in [0.3, 0.4) is 0 Å². The summed E-state index contributed by atoms with van der Waals surface area (Å²) in [6.45, 7) is 2.61. The maximum Gasteiger partial charge on any atom is 0.420 e. The number of rotatable bonds is 4. The van der Waals surface area contributed by atoms with Crippen molar-refractivity contribution in [1.29, 1.82) is 0 Å². The summed E-state index contributed by atoms with van der Waals surface area (Å²) >= 11 is 0. The van der Waals surface area contributed by atoms with E-state index < -0.39 is 11.8 Å². The van der Waals surface area contributed by atoms with Crippen molar-refractivity contribution in [3.8, 4) is 0 Å². The number of hydrogen-bond acceptors (Lipinski definition) is 6. The molecule has 1 atom stereocenters. The predicted octanol–water partition coefficient (Wildman–Crippen LogP) is -0.0247. The lowest BCUT2D eigenvalue weighted by atomic mass is 10.2. The van der Waals surface area contributed by atoms with E-state index in [0.717, 1.165) is 4.90 Å². The summed E-state index contributed by atoms with van der Waals surface area (Å²) < 4.78 is 6.54. The summed E-state index contributed by atoms with van der Waals surface area (Å²) in [5.74, 6) is -1.79. The van der Waals surface area contributed by atoms with Crippen LogP contribution < -0.4 is 5.76 Å². The van der Waals surface area contributed by atoms with Crippen LogP contribution in [0.15, 0.2) is 33.5 Å². The number of piperazine rings is 1. The molecule has 158 valence electrons. The Bertz CT molecular complexity index is 1060. The Balaban J connectivity index is 1.39. The molecule has 1 unspecified atom stereocenters. The topological polar surface area (TPSA) is 113 Å². The van der Waals surface area contributed by atoms with Crippen LogP contribution in [0.4, 0.5) is 0 Å². The van der Waals surface area contributed by atoms with Crippen molar-refractivity contribution < 1.29 is 23.6 Å². The number of hydrogen-bond donors (Lipinski definition) is 0. The molecule has 0 bridgehead atoms. The first-order chi connectivity index (χ1) is 14.4. The van der Waals surface area contributed by atoms with Gasteiger partial charge in [-0.25, -0.2) is 4.79 Å². The number of nitrogens with zero attached hydrogens (tertiary/aromatic N) is 4. The minimum absolute atomic E-state index is 0.147. The zero-order valence-electron chi connectivity index (χ0n) is 16.6. The van der Waals surface area contributed by atoms with Gasteiger partial charge in [-0.2, -0.15) is 0 Å². The second-order valence-electron chi connectivity index (χ2n) is 7.46.